The zero-order chi connectivity index (χ0) is 17.5. The van der Waals surface area contributed by atoms with Gasteiger partial charge in [0.05, 0.1) is 11.1 Å². The monoisotopic (exact) mass is 322 g/mol. The minimum atomic E-state index is -0.606. The van der Waals surface area contributed by atoms with Gasteiger partial charge in [0.1, 0.15) is 0 Å². The number of fused-ring (bicyclic) bond motifs is 1. The van der Waals surface area contributed by atoms with Crippen LogP contribution in [-0.4, -0.2) is 17.6 Å². The molecule has 0 atom stereocenters. The zero-order valence-electron chi connectivity index (χ0n) is 13.8. The van der Waals surface area contributed by atoms with Crippen LogP contribution >= 0.6 is 0 Å². The highest BCUT2D eigenvalue weighted by atomic mass is 16.2. The minimum Gasteiger partial charge on any atom is -0.325 e. The Labute approximate surface area is 140 Å². The van der Waals surface area contributed by atoms with Crippen LogP contribution in [0.15, 0.2) is 42.5 Å². The van der Waals surface area contributed by atoms with Gasteiger partial charge in [-0.1, -0.05) is 18.2 Å². The molecule has 2 aromatic rings. The van der Waals surface area contributed by atoms with Crippen molar-refractivity contribution < 1.29 is 14.4 Å². The molecule has 3 rings (SSSR count). The molecule has 5 nitrogen and oxygen atoms in total. The van der Waals surface area contributed by atoms with Gasteiger partial charge in [0.15, 0.2) is 5.78 Å². The molecule has 0 saturated heterocycles. The van der Waals surface area contributed by atoms with Gasteiger partial charge in [0.2, 0.25) is 5.91 Å². The molecule has 1 heterocycles. The van der Waals surface area contributed by atoms with Gasteiger partial charge in [-0.25, -0.2) is 0 Å². The van der Waals surface area contributed by atoms with Crippen LogP contribution in [0.5, 0.6) is 0 Å². The maximum atomic E-state index is 12.5. The van der Waals surface area contributed by atoms with E-state index in [1.165, 1.54) is 6.92 Å². The number of anilines is 2. The molecule has 5 heteroatoms. The molecule has 0 fully saturated rings. The topological polar surface area (TPSA) is 75.3 Å². The predicted molar refractivity (Wildman–Crippen MR) is 92.5 cm³/mol. The normalized spacial score (nSPS) is 14.7. The lowest BCUT2D eigenvalue weighted by Crippen LogP contribution is -2.26. The third-order valence-electron chi connectivity index (χ3n) is 4.33. The molecule has 2 N–H and O–H groups in total. The van der Waals surface area contributed by atoms with Gasteiger partial charge in [-0.05, 0) is 50.6 Å². The maximum Gasteiger partial charge on any atom is 0.255 e. The van der Waals surface area contributed by atoms with E-state index in [9.17, 15) is 14.4 Å². The second-order valence-electron chi connectivity index (χ2n) is 6.40. The summed E-state index contributed by atoms with van der Waals surface area (Å²) in [6.07, 6.45) is 0. The molecular weight excluding hydrogens is 304 g/mol. The second-order valence-corrected chi connectivity index (χ2v) is 6.40. The number of Topliss-reactive ketones (excluding diaryl/α,β-unsaturated/α-hetero) is 1. The van der Waals surface area contributed by atoms with Crippen LogP contribution in [0.4, 0.5) is 11.4 Å². The van der Waals surface area contributed by atoms with Crippen LogP contribution in [-0.2, 0) is 10.2 Å². The van der Waals surface area contributed by atoms with Crippen LogP contribution in [0, 0.1) is 0 Å². The van der Waals surface area contributed by atoms with E-state index in [2.05, 4.69) is 10.6 Å². The molecule has 2 aromatic carbocycles. The van der Waals surface area contributed by atoms with Crippen molar-refractivity contribution >= 4 is 29.0 Å². The molecule has 2 amide bonds. The third kappa shape index (κ3) is 2.58. The quantitative estimate of drug-likeness (QED) is 0.851. The number of ketones is 1. The molecule has 0 aliphatic carbocycles. The van der Waals surface area contributed by atoms with Gasteiger partial charge in [0.25, 0.3) is 5.91 Å². The molecule has 0 radical (unpaired) electrons. The predicted octanol–water partition coefficient (Wildman–Crippen LogP) is 3.37. The highest BCUT2D eigenvalue weighted by molar-refractivity contribution is 6.11. The van der Waals surface area contributed by atoms with Crippen LogP contribution in [0.3, 0.4) is 0 Å². The van der Waals surface area contributed by atoms with Crippen molar-refractivity contribution in [2.45, 2.75) is 26.2 Å². The number of hydrogen-bond donors (Lipinski definition) is 2. The molecule has 24 heavy (non-hydrogen) atoms. The SMILES string of the molecule is CC(=O)c1ccccc1NC(=O)c1ccc2c(c1)NC(=O)C2(C)C. The van der Waals surface area contributed by atoms with E-state index in [-0.39, 0.29) is 17.6 Å². The average molecular weight is 322 g/mol. The Morgan fingerprint density at radius 3 is 2.50 bits per heavy atom. The minimum absolute atomic E-state index is 0.0861. The van der Waals surface area contributed by atoms with E-state index in [0.717, 1.165) is 5.56 Å². The first kappa shape index (κ1) is 15.9. The largest absolute Gasteiger partial charge is 0.325 e. The van der Waals surface area contributed by atoms with Crippen molar-refractivity contribution in [3.8, 4) is 0 Å². The lowest BCUT2D eigenvalue weighted by molar-refractivity contribution is -0.119. The number of para-hydroxylation sites is 1. The summed E-state index contributed by atoms with van der Waals surface area (Å²) in [6.45, 7) is 5.14. The van der Waals surface area contributed by atoms with Gasteiger partial charge in [-0.15, -0.1) is 0 Å². The van der Waals surface area contributed by atoms with E-state index in [1.54, 1.807) is 42.5 Å². The first-order valence-electron chi connectivity index (χ1n) is 7.68. The van der Waals surface area contributed by atoms with Crippen LogP contribution in [0.1, 0.15) is 47.1 Å². The highest BCUT2D eigenvalue weighted by Crippen LogP contribution is 2.37. The summed E-state index contributed by atoms with van der Waals surface area (Å²) in [6, 6.07) is 12.0. The first-order valence-corrected chi connectivity index (χ1v) is 7.68. The van der Waals surface area contributed by atoms with Gasteiger partial charge < -0.3 is 10.6 Å². The standard InChI is InChI=1S/C19H18N2O3/c1-11(22)13-6-4-5-7-15(13)20-17(23)12-8-9-14-16(10-12)21-18(24)19(14,2)3/h4-10H,1-3H3,(H,20,23)(H,21,24). The second kappa shape index (κ2) is 5.60. The lowest BCUT2D eigenvalue weighted by Gasteiger charge is -2.15. The van der Waals surface area contributed by atoms with E-state index < -0.39 is 5.41 Å². The molecule has 1 aliphatic rings. The highest BCUT2D eigenvalue weighted by Gasteiger charge is 2.38. The van der Waals surface area contributed by atoms with Gasteiger partial charge in [0, 0.05) is 16.8 Å². The van der Waals surface area contributed by atoms with Crippen molar-refractivity contribution in [2.24, 2.45) is 0 Å². The third-order valence-corrected chi connectivity index (χ3v) is 4.33. The van der Waals surface area contributed by atoms with Crippen LogP contribution in [0.2, 0.25) is 0 Å². The van der Waals surface area contributed by atoms with Crippen molar-refractivity contribution in [3.63, 3.8) is 0 Å². The fraction of sp³-hybridized carbons (Fsp3) is 0.211. The van der Waals surface area contributed by atoms with E-state index in [1.807, 2.05) is 13.8 Å². The van der Waals surface area contributed by atoms with E-state index >= 15 is 0 Å². The summed E-state index contributed by atoms with van der Waals surface area (Å²) in [5.74, 6) is -0.531. The molecule has 0 unspecified atom stereocenters. The number of benzene rings is 2. The Bertz CT molecular complexity index is 869. The molecule has 0 spiro atoms. The van der Waals surface area contributed by atoms with Gasteiger partial charge in [-0.2, -0.15) is 0 Å². The average Bonchev–Trinajstić information content (AvgIpc) is 2.76. The first-order chi connectivity index (χ1) is 11.3. The number of amides is 2. The summed E-state index contributed by atoms with van der Waals surface area (Å²) in [5.41, 5.74) is 2.27. The zero-order valence-corrected chi connectivity index (χ0v) is 13.8. The molecule has 122 valence electrons. The lowest BCUT2D eigenvalue weighted by atomic mass is 9.86. The summed E-state index contributed by atoms with van der Waals surface area (Å²) in [7, 11) is 0. The molecule has 0 bridgehead atoms. The number of rotatable bonds is 3. The molecule has 0 aromatic heterocycles. The number of carbonyl (C=O) groups is 3. The summed E-state index contributed by atoms with van der Waals surface area (Å²) >= 11 is 0. The Kier molecular flexibility index (Phi) is 3.72. The smallest absolute Gasteiger partial charge is 0.255 e. The molecular formula is C19H18N2O3. The number of hydrogen-bond acceptors (Lipinski definition) is 3. The van der Waals surface area contributed by atoms with E-state index in [4.69, 9.17) is 0 Å². The van der Waals surface area contributed by atoms with Gasteiger partial charge >= 0.3 is 0 Å². The summed E-state index contributed by atoms with van der Waals surface area (Å²) in [4.78, 5) is 36.1. The van der Waals surface area contributed by atoms with Gasteiger partial charge in [-0.3, -0.25) is 14.4 Å². The van der Waals surface area contributed by atoms with Crippen molar-refractivity contribution in [1.29, 1.82) is 0 Å². The Morgan fingerprint density at radius 2 is 1.79 bits per heavy atom. The van der Waals surface area contributed by atoms with E-state index in [0.29, 0.717) is 22.5 Å². The Balaban J connectivity index is 1.90. The van der Waals surface area contributed by atoms with Crippen molar-refractivity contribution in [3.05, 3.63) is 59.2 Å². The summed E-state index contributed by atoms with van der Waals surface area (Å²) in [5, 5.41) is 5.56. The number of nitrogens with one attached hydrogen (secondary N) is 2. The Hall–Kier alpha value is -2.95. The van der Waals surface area contributed by atoms with Crippen molar-refractivity contribution in [2.75, 3.05) is 10.6 Å². The summed E-state index contributed by atoms with van der Waals surface area (Å²) < 4.78 is 0. The Morgan fingerprint density at radius 1 is 1.08 bits per heavy atom. The fourth-order valence-corrected chi connectivity index (χ4v) is 2.83. The number of carbonyl (C=O) groups excluding carboxylic acids is 3. The van der Waals surface area contributed by atoms with Crippen LogP contribution in [0.25, 0.3) is 0 Å². The molecule has 0 saturated carbocycles. The van der Waals surface area contributed by atoms with Crippen LogP contribution < -0.4 is 10.6 Å². The fourth-order valence-electron chi connectivity index (χ4n) is 2.83. The maximum absolute atomic E-state index is 12.5. The van der Waals surface area contributed by atoms with Crippen molar-refractivity contribution in [1.82, 2.24) is 0 Å². The molecule has 1 aliphatic heterocycles.